The van der Waals surface area contributed by atoms with Crippen LogP contribution in [0.2, 0.25) is 0 Å². The fraction of sp³-hybridized carbons (Fsp3) is 0.0588. The van der Waals surface area contributed by atoms with Crippen LogP contribution in [0.25, 0.3) is 0 Å². The summed E-state index contributed by atoms with van der Waals surface area (Å²) in [5.41, 5.74) is 0.494. The largest absolute Gasteiger partial charge is 0.461 e. The van der Waals surface area contributed by atoms with Gasteiger partial charge in [0.15, 0.2) is 5.76 Å². The molecule has 2 heterocycles. The van der Waals surface area contributed by atoms with Crippen molar-refractivity contribution in [1.82, 2.24) is 5.32 Å². The second-order valence-electron chi connectivity index (χ2n) is 4.89. The van der Waals surface area contributed by atoms with Crippen molar-refractivity contribution in [3.63, 3.8) is 0 Å². The molecule has 0 radical (unpaired) electrons. The van der Waals surface area contributed by atoms with E-state index in [1.54, 1.807) is 24.3 Å². The van der Waals surface area contributed by atoms with E-state index in [1.165, 1.54) is 41.9 Å². The molecule has 2 N–H and O–H groups in total. The van der Waals surface area contributed by atoms with E-state index in [1.807, 2.05) is 0 Å². The monoisotopic (exact) mass is 344 g/mol. The first-order valence-electron chi connectivity index (χ1n) is 7.09. The van der Waals surface area contributed by atoms with E-state index in [2.05, 4.69) is 10.6 Å². The molecule has 0 aliphatic carbocycles. The summed E-state index contributed by atoms with van der Waals surface area (Å²) in [6.45, 7) is 0.281. The molecular formula is C17H13FN2O3S. The number of benzene rings is 1. The van der Waals surface area contributed by atoms with Gasteiger partial charge in [-0.15, -0.1) is 11.3 Å². The molecule has 5 nitrogen and oxygen atoms in total. The number of nitrogens with one attached hydrogen (secondary N) is 2. The van der Waals surface area contributed by atoms with Crippen molar-refractivity contribution in [2.45, 2.75) is 6.54 Å². The highest BCUT2D eigenvalue weighted by Gasteiger charge is 2.14. The van der Waals surface area contributed by atoms with Crippen LogP contribution in [0.1, 0.15) is 20.3 Å². The number of urea groups is 1. The van der Waals surface area contributed by atoms with Crippen LogP contribution < -0.4 is 10.6 Å². The Morgan fingerprint density at radius 2 is 1.88 bits per heavy atom. The Morgan fingerprint density at radius 3 is 2.58 bits per heavy atom. The van der Waals surface area contributed by atoms with Crippen molar-refractivity contribution in [3.05, 3.63) is 76.1 Å². The summed E-state index contributed by atoms with van der Waals surface area (Å²) in [5, 5.41) is 5.28. The Kier molecular flexibility index (Phi) is 4.72. The number of anilines is 1. The van der Waals surface area contributed by atoms with Gasteiger partial charge in [0.1, 0.15) is 5.82 Å². The van der Waals surface area contributed by atoms with Crippen molar-refractivity contribution in [2.24, 2.45) is 0 Å². The van der Waals surface area contributed by atoms with Crippen LogP contribution in [0, 0.1) is 5.82 Å². The summed E-state index contributed by atoms with van der Waals surface area (Å²) in [5.74, 6) is -0.272. The molecule has 3 aromatic rings. The molecule has 0 spiro atoms. The predicted octanol–water partition coefficient (Wildman–Crippen LogP) is 4.03. The highest BCUT2D eigenvalue weighted by molar-refractivity contribution is 7.14. The van der Waals surface area contributed by atoms with E-state index in [9.17, 15) is 14.0 Å². The molecule has 0 aliphatic rings. The zero-order valence-corrected chi connectivity index (χ0v) is 13.2. The third kappa shape index (κ3) is 3.88. The molecule has 2 amide bonds. The Hall–Kier alpha value is -2.93. The molecular weight excluding hydrogens is 331 g/mol. The lowest BCUT2D eigenvalue weighted by molar-refractivity contribution is 0.101. The molecule has 0 aliphatic heterocycles. The molecule has 2 aromatic heterocycles. The van der Waals surface area contributed by atoms with Gasteiger partial charge in [-0.1, -0.05) is 0 Å². The normalized spacial score (nSPS) is 10.4. The summed E-state index contributed by atoms with van der Waals surface area (Å²) in [6, 6.07) is 11.8. The number of thiophene rings is 1. The summed E-state index contributed by atoms with van der Waals surface area (Å²) in [7, 11) is 0. The van der Waals surface area contributed by atoms with E-state index >= 15 is 0 Å². The quantitative estimate of drug-likeness (QED) is 0.686. The SMILES string of the molecule is O=C(NCc1ccc(C(=O)c2ccco2)s1)Nc1ccc(F)cc1. The molecule has 0 bridgehead atoms. The Labute approximate surface area is 141 Å². The van der Waals surface area contributed by atoms with Gasteiger partial charge in [-0.3, -0.25) is 4.79 Å². The van der Waals surface area contributed by atoms with Crippen LogP contribution in [0.4, 0.5) is 14.9 Å². The highest BCUT2D eigenvalue weighted by Crippen LogP contribution is 2.20. The number of amides is 2. The molecule has 0 unspecified atom stereocenters. The lowest BCUT2D eigenvalue weighted by Gasteiger charge is -2.06. The van der Waals surface area contributed by atoms with Crippen LogP contribution in [0.5, 0.6) is 0 Å². The lowest BCUT2D eigenvalue weighted by Crippen LogP contribution is -2.27. The predicted molar refractivity (Wildman–Crippen MR) is 88.7 cm³/mol. The van der Waals surface area contributed by atoms with Crippen molar-refractivity contribution >= 4 is 28.8 Å². The van der Waals surface area contributed by atoms with E-state index in [4.69, 9.17) is 4.42 Å². The van der Waals surface area contributed by atoms with Gasteiger partial charge in [-0.05, 0) is 48.5 Å². The van der Waals surface area contributed by atoms with Gasteiger partial charge >= 0.3 is 6.03 Å². The van der Waals surface area contributed by atoms with Crippen molar-refractivity contribution < 1.29 is 18.4 Å². The zero-order valence-electron chi connectivity index (χ0n) is 12.4. The van der Waals surface area contributed by atoms with Gasteiger partial charge in [-0.25, -0.2) is 9.18 Å². The van der Waals surface area contributed by atoms with Crippen LogP contribution in [-0.4, -0.2) is 11.8 Å². The Morgan fingerprint density at radius 1 is 1.08 bits per heavy atom. The number of hydrogen-bond donors (Lipinski definition) is 2. The fourth-order valence-electron chi connectivity index (χ4n) is 2.00. The smallest absolute Gasteiger partial charge is 0.319 e. The average molecular weight is 344 g/mol. The summed E-state index contributed by atoms with van der Waals surface area (Å²) in [4.78, 5) is 25.3. The number of furan rings is 1. The number of carbonyl (C=O) groups is 2. The fourth-order valence-corrected chi connectivity index (χ4v) is 2.89. The van der Waals surface area contributed by atoms with Crippen molar-refractivity contribution in [2.75, 3.05) is 5.32 Å². The standard InChI is InChI=1S/C17H13FN2O3S/c18-11-3-5-12(6-4-11)20-17(22)19-10-13-7-8-15(24-13)16(21)14-2-1-9-23-14/h1-9H,10H2,(H2,19,20,22). The zero-order chi connectivity index (χ0) is 16.9. The number of halogens is 1. The minimum atomic E-state index is -0.408. The van der Waals surface area contributed by atoms with Gasteiger partial charge < -0.3 is 15.1 Å². The average Bonchev–Trinajstić information content (AvgIpc) is 3.26. The van der Waals surface area contributed by atoms with Crippen molar-refractivity contribution in [1.29, 1.82) is 0 Å². The molecule has 3 rings (SSSR count). The molecule has 0 saturated heterocycles. The number of hydrogen-bond acceptors (Lipinski definition) is 4. The maximum absolute atomic E-state index is 12.8. The summed E-state index contributed by atoms with van der Waals surface area (Å²) < 4.78 is 17.9. The lowest BCUT2D eigenvalue weighted by atomic mass is 10.2. The van der Waals surface area contributed by atoms with E-state index in [0.29, 0.717) is 10.6 Å². The van der Waals surface area contributed by atoms with Crippen molar-refractivity contribution in [3.8, 4) is 0 Å². The second kappa shape index (κ2) is 7.10. The second-order valence-corrected chi connectivity index (χ2v) is 6.06. The molecule has 0 fully saturated rings. The van der Waals surface area contributed by atoms with Gasteiger partial charge in [0.25, 0.3) is 0 Å². The minimum absolute atomic E-state index is 0.188. The van der Waals surface area contributed by atoms with Crippen LogP contribution in [-0.2, 0) is 6.54 Å². The van der Waals surface area contributed by atoms with Gasteiger partial charge in [-0.2, -0.15) is 0 Å². The van der Waals surface area contributed by atoms with Gasteiger partial charge in [0.05, 0.1) is 17.7 Å². The van der Waals surface area contributed by atoms with Crippen LogP contribution in [0.3, 0.4) is 0 Å². The van der Waals surface area contributed by atoms with E-state index in [-0.39, 0.29) is 23.9 Å². The molecule has 7 heteroatoms. The topological polar surface area (TPSA) is 71.3 Å². The summed E-state index contributed by atoms with van der Waals surface area (Å²) in [6.07, 6.45) is 1.45. The maximum Gasteiger partial charge on any atom is 0.319 e. The van der Waals surface area contributed by atoms with Gasteiger partial charge in [0, 0.05) is 10.6 Å². The molecule has 0 saturated carbocycles. The van der Waals surface area contributed by atoms with E-state index < -0.39 is 6.03 Å². The van der Waals surface area contributed by atoms with E-state index in [0.717, 1.165) is 4.88 Å². The Bertz CT molecular complexity index is 841. The highest BCUT2D eigenvalue weighted by atomic mass is 32.1. The first-order chi connectivity index (χ1) is 11.6. The molecule has 24 heavy (non-hydrogen) atoms. The maximum atomic E-state index is 12.8. The summed E-state index contributed by atoms with van der Waals surface area (Å²) >= 11 is 1.29. The first kappa shape index (κ1) is 15.9. The molecule has 122 valence electrons. The number of rotatable bonds is 5. The van der Waals surface area contributed by atoms with Crippen LogP contribution in [0.15, 0.2) is 59.2 Å². The minimum Gasteiger partial charge on any atom is -0.461 e. The molecule has 1 aromatic carbocycles. The third-order valence-electron chi connectivity index (χ3n) is 3.16. The molecule has 0 atom stereocenters. The third-order valence-corrected chi connectivity index (χ3v) is 4.24. The van der Waals surface area contributed by atoms with Crippen LogP contribution >= 0.6 is 11.3 Å². The Balaban J connectivity index is 1.54. The number of carbonyl (C=O) groups excluding carboxylic acids is 2. The number of ketones is 1. The first-order valence-corrected chi connectivity index (χ1v) is 7.91. The van der Waals surface area contributed by atoms with Gasteiger partial charge in [0.2, 0.25) is 5.78 Å².